The summed E-state index contributed by atoms with van der Waals surface area (Å²) in [6, 6.07) is 8.69. The molecule has 0 radical (unpaired) electrons. The van der Waals surface area contributed by atoms with Gasteiger partial charge in [-0.15, -0.1) is 0 Å². The minimum absolute atomic E-state index is 0.405. The quantitative estimate of drug-likeness (QED) is 0.566. The molecule has 0 saturated heterocycles. The number of aromatic nitrogens is 1. The molecule has 0 aliphatic rings. The van der Waals surface area contributed by atoms with E-state index >= 15 is 0 Å². The Bertz CT molecular complexity index is 596. The van der Waals surface area contributed by atoms with Crippen molar-refractivity contribution in [1.29, 1.82) is 0 Å². The zero-order valence-electron chi connectivity index (χ0n) is 8.74. The average Bonchev–Trinajstić information content (AvgIpc) is 2.58. The number of rotatable bonds is 0. The number of pyridine rings is 1. The van der Waals surface area contributed by atoms with E-state index in [4.69, 9.17) is 0 Å². The van der Waals surface area contributed by atoms with E-state index in [2.05, 4.69) is 43.1 Å². The van der Waals surface area contributed by atoms with Crippen LogP contribution in [0.4, 0.5) is 0 Å². The monoisotopic (exact) mass is 261 g/mol. The summed E-state index contributed by atoms with van der Waals surface area (Å²) in [7, 11) is 0. The molecule has 0 saturated carbocycles. The van der Waals surface area contributed by atoms with Crippen LogP contribution in [0.25, 0.3) is 19.4 Å². The topological polar surface area (TPSA) is 12.9 Å². The van der Waals surface area contributed by atoms with Crippen LogP contribution in [-0.4, -0.2) is 19.5 Å². The molecule has 0 N–H and O–H groups in total. The van der Waals surface area contributed by atoms with Crippen LogP contribution in [-0.2, 0) is 0 Å². The molecule has 1 aromatic carbocycles. The summed E-state index contributed by atoms with van der Waals surface area (Å²) in [5, 5.41) is 2.84. The zero-order chi connectivity index (χ0) is 10.4. The first kappa shape index (κ1) is 9.14. The molecule has 0 spiro atoms. The molecule has 3 rings (SSSR count). The number of hydrogen-bond donors (Lipinski definition) is 0. The maximum atomic E-state index is 4.50. The molecule has 0 fully saturated rings. The number of benzene rings is 1. The minimum atomic E-state index is 0.405. The van der Waals surface area contributed by atoms with Crippen LogP contribution in [0.15, 0.2) is 30.5 Å². The molecular formula is C13H11NSe. The van der Waals surface area contributed by atoms with Gasteiger partial charge in [-0.2, -0.15) is 0 Å². The molecule has 0 aliphatic carbocycles. The molecule has 3 aromatic rings. The molecule has 2 heteroatoms. The molecule has 2 aromatic heterocycles. The summed E-state index contributed by atoms with van der Waals surface area (Å²) in [6.07, 6.45) is 1.93. The van der Waals surface area contributed by atoms with Crippen molar-refractivity contribution in [1.82, 2.24) is 4.98 Å². The predicted molar refractivity (Wildman–Crippen MR) is 65.7 cm³/mol. The molecule has 0 bridgehead atoms. The first-order chi connectivity index (χ1) is 7.27. The summed E-state index contributed by atoms with van der Waals surface area (Å²) < 4.78 is 2.78. The van der Waals surface area contributed by atoms with Gasteiger partial charge in [0, 0.05) is 0 Å². The van der Waals surface area contributed by atoms with Crippen molar-refractivity contribution < 1.29 is 0 Å². The van der Waals surface area contributed by atoms with Crippen LogP contribution in [0.3, 0.4) is 0 Å². The van der Waals surface area contributed by atoms with E-state index in [0.717, 1.165) is 0 Å². The second-order valence-corrected chi connectivity index (χ2v) is 6.02. The van der Waals surface area contributed by atoms with Gasteiger partial charge in [0.25, 0.3) is 0 Å². The Morgan fingerprint density at radius 1 is 1.00 bits per heavy atom. The van der Waals surface area contributed by atoms with Gasteiger partial charge in [0.15, 0.2) is 0 Å². The summed E-state index contributed by atoms with van der Waals surface area (Å²) in [4.78, 5) is 4.50. The van der Waals surface area contributed by atoms with Crippen LogP contribution in [0.5, 0.6) is 0 Å². The van der Waals surface area contributed by atoms with E-state index in [-0.39, 0.29) is 0 Å². The van der Waals surface area contributed by atoms with Crippen molar-refractivity contribution in [2.75, 3.05) is 0 Å². The average molecular weight is 260 g/mol. The maximum absolute atomic E-state index is 4.50. The number of nitrogens with zero attached hydrogens (tertiary/aromatic N) is 1. The molecule has 0 amide bonds. The third-order valence-corrected chi connectivity index (χ3v) is 5.05. The Kier molecular flexibility index (Phi) is 1.95. The van der Waals surface area contributed by atoms with Crippen molar-refractivity contribution in [2.24, 2.45) is 0 Å². The van der Waals surface area contributed by atoms with E-state index in [1.165, 1.54) is 30.6 Å². The zero-order valence-corrected chi connectivity index (χ0v) is 10.5. The molecule has 74 valence electrons. The summed E-state index contributed by atoms with van der Waals surface area (Å²) >= 11 is 0.405. The Balaban J connectivity index is 2.67. The summed E-state index contributed by atoms with van der Waals surface area (Å²) in [5.41, 5.74) is 2.74. The van der Waals surface area contributed by atoms with Gasteiger partial charge < -0.3 is 0 Å². The predicted octanol–water partition coefficient (Wildman–Crippen LogP) is 3.06. The van der Waals surface area contributed by atoms with Gasteiger partial charge in [-0.1, -0.05) is 0 Å². The third-order valence-electron chi connectivity index (χ3n) is 2.82. The first-order valence-electron chi connectivity index (χ1n) is 5.01. The van der Waals surface area contributed by atoms with Crippen LogP contribution in [0.2, 0.25) is 0 Å². The van der Waals surface area contributed by atoms with Gasteiger partial charge in [-0.3, -0.25) is 0 Å². The number of hydrogen-bond acceptors (Lipinski definition) is 1. The Morgan fingerprint density at radius 2 is 1.80 bits per heavy atom. The van der Waals surface area contributed by atoms with Crippen LogP contribution in [0, 0.1) is 13.8 Å². The van der Waals surface area contributed by atoms with Gasteiger partial charge in [0.1, 0.15) is 0 Å². The second-order valence-electron chi connectivity index (χ2n) is 3.86. The summed E-state index contributed by atoms with van der Waals surface area (Å²) in [6.45, 7) is 4.37. The van der Waals surface area contributed by atoms with E-state index in [1.807, 2.05) is 6.20 Å². The number of fused-ring (bicyclic) bond motifs is 3. The van der Waals surface area contributed by atoms with Crippen LogP contribution >= 0.6 is 0 Å². The van der Waals surface area contributed by atoms with Gasteiger partial charge in [0.05, 0.1) is 0 Å². The number of aryl methyl sites for hydroxylation is 2. The van der Waals surface area contributed by atoms with Crippen LogP contribution < -0.4 is 0 Å². The third kappa shape index (κ3) is 1.26. The van der Waals surface area contributed by atoms with Crippen molar-refractivity contribution in [2.45, 2.75) is 13.8 Å². The SMILES string of the molecule is Cc1cccc2[se]c3nccc(C)c3c12. The Hall–Kier alpha value is -1.11. The van der Waals surface area contributed by atoms with E-state index < -0.39 is 0 Å². The van der Waals surface area contributed by atoms with E-state index in [1.54, 1.807) is 0 Å². The van der Waals surface area contributed by atoms with Crippen molar-refractivity contribution in [3.05, 3.63) is 41.6 Å². The summed E-state index contributed by atoms with van der Waals surface area (Å²) in [5.74, 6) is 0. The van der Waals surface area contributed by atoms with Crippen molar-refractivity contribution in [3.63, 3.8) is 0 Å². The van der Waals surface area contributed by atoms with Crippen molar-refractivity contribution >= 4 is 33.9 Å². The molecule has 0 unspecified atom stereocenters. The van der Waals surface area contributed by atoms with Gasteiger partial charge in [0.2, 0.25) is 0 Å². The van der Waals surface area contributed by atoms with E-state index in [9.17, 15) is 0 Å². The molecular weight excluding hydrogens is 249 g/mol. The Labute approximate surface area is 94.5 Å². The molecule has 0 aliphatic heterocycles. The molecule has 0 atom stereocenters. The van der Waals surface area contributed by atoms with Gasteiger partial charge in [-0.25, -0.2) is 0 Å². The van der Waals surface area contributed by atoms with Crippen molar-refractivity contribution in [3.8, 4) is 0 Å². The fourth-order valence-electron chi connectivity index (χ4n) is 2.07. The standard InChI is InChI=1S/C13H11NSe/c1-8-4-3-5-10-11(8)12-9(2)6-7-14-13(12)15-10/h3-7H,1-2H3. The normalized spacial score (nSPS) is 11.3. The fraction of sp³-hybridized carbons (Fsp3) is 0.154. The molecule has 1 nitrogen and oxygen atoms in total. The van der Waals surface area contributed by atoms with Gasteiger partial charge in [-0.05, 0) is 0 Å². The molecule has 2 heterocycles. The van der Waals surface area contributed by atoms with Gasteiger partial charge >= 0.3 is 94.3 Å². The first-order valence-corrected chi connectivity index (χ1v) is 6.72. The fourth-order valence-corrected chi connectivity index (χ4v) is 4.58. The molecule has 15 heavy (non-hydrogen) atoms. The Morgan fingerprint density at radius 3 is 2.67 bits per heavy atom. The second kappa shape index (κ2) is 3.19. The van der Waals surface area contributed by atoms with Crippen LogP contribution in [0.1, 0.15) is 11.1 Å². The van der Waals surface area contributed by atoms with E-state index in [0.29, 0.717) is 14.5 Å².